The second-order valence-electron chi connectivity index (χ2n) is 4.62. The number of carbonyl (C=O) groups is 1. The Morgan fingerprint density at radius 1 is 1.29 bits per heavy atom. The van der Waals surface area contributed by atoms with Crippen molar-refractivity contribution in [2.75, 3.05) is 13.1 Å². The number of nitrogens with zero attached hydrogens (tertiary/aromatic N) is 1. The first-order valence-electron chi connectivity index (χ1n) is 5.81. The maximum atomic E-state index is 11.7. The average Bonchev–Trinajstić information content (AvgIpc) is 2.71. The first kappa shape index (κ1) is 9.97. The van der Waals surface area contributed by atoms with Crippen molar-refractivity contribution in [2.45, 2.75) is 44.6 Å². The molecule has 1 aliphatic carbocycles. The predicted octanol–water partition coefficient (Wildman–Crippen LogP) is 1.13. The zero-order valence-corrected chi connectivity index (χ0v) is 8.74. The molecule has 1 amide bonds. The lowest BCUT2D eigenvalue weighted by molar-refractivity contribution is -0.137. The molecule has 2 N–H and O–H groups in total. The summed E-state index contributed by atoms with van der Waals surface area (Å²) in [6.45, 7) is 1.65. The Balaban J connectivity index is 1.96. The number of likely N-dealkylation sites (tertiary alicyclic amines) is 1. The van der Waals surface area contributed by atoms with E-state index in [1.165, 1.54) is 25.7 Å². The first-order chi connectivity index (χ1) is 6.81. The summed E-state index contributed by atoms with van der Waals surface area (Å²) in [5.74, 6) is 0.912. The van der Waals surface area contributed by atoms with E-state index in [-0.39, 0.29) is 0 Å². The molecule has 2 rings (SSSR count). The summed E-state index contributed by atoms with van der Waals surface area (Å²) in [7, 11) is 0. The van der Waals surface area contributed by atoms with Crippen LogP contribution in [0.3, 0.4) is 0 Å². The minimum atomic E-state index is 0.363. The molecule has 1 saturated carbocycles. The highest BCUT2D eigenvalue weighted by molar-refractivity contribution is 5.77. The summed E-state index contributed by atoms with van der Waals surface area (Å²) < 4.78 is 0. The van der Waals surface area contributed by atoms with Gasteiger partial charge in [0.05, 0.1) is 0 Å². The highest BCUT2D eigenvalue weighted by atomic mass is 16.2. The van der Waals surface area contributed by atoms with E-state index in [1.807, 2.05) is 0 Å². The largest absolute Gasteiger partial charge is 0.339 e. The van der Waals surface area contributed by atoms with Gasteiger partial charge >= 0.3 is 0 Å². The lowest BCUT2D eigenvalue weighted by atomic mass is 9.96. The molecule has 0 aromatic rings. The first-order valence-corrected chi connectivity index (χ1v) is 5.81. The molecule has 3 heteroatoms. The molecule has 0 spiro atoms. The molecule has 80 valence electrons. The van der Waals surface area contributed by atoms with E-state index < -0.39 is 0 Å². The smallest absolute Gasteiger partial charge is 0.222 e. The van der Waals surface area contributed by atoms with Gasteiger partial charge in [-0.25, -0.2) is 0 Å². The van der Waals surface area contributed by atoms with Gasteiger partial charge < -0.3 is 10.6 Å². The summed E-state index contributed by atoms with van der Waals surface area (Å²) in [4.78, 5) is 13.8. The summed E-state index contributed by atoms with van der Waals surface area (Å²) in [5.41, 5.74) is 5.67. The van der Waals surface area contributed by atoms with E-state index in [0.717, 1.165) is 25.9 Å². The van der Waals surface area contributed by atoms with E-state index in [2.05, 4.69) is 4.90 Å². The monoisotopic (exact) mass is 196 g/mol. The molecule has 1 unspecified atom stereocenters. The fraction of sp³-hybridized carbons (Fsp3) is 0.909. The summed E-state index contributed by atoms with van der Waals surface area (Å²) in [5, 5.41) is 0. The molecule has 1 aliphatic heterocycles. The average molecular weight is 196 g/mol. The van der Waals surface area contributed by atoms with Crippen LogP contribution in [0.5, 0.6) is 0 Å². The molecule has 1 saturated heterocycles. The van der Waals surface area contributed by atoms with Crippen LogP contribution in [0, 0.1) is 5.92 Å². The van der Waals surface area contributed by atoms with Gasteiger partial charge in [-0.05, 0) is 31.7 Å². The molecular formula is C11H20N2O. The second kappa shape index (κ2) is 4.30. The number of amides is 1. The Bertz CT molecular complexity index is 211. The summed E-state index contributed by atoms with van der Waals surface area (Å²) in [6.07, 6.45) is 6.73. The maximum Gasteiger partial charge on any atom is 0.222 e. The van der Waals surface area contributed by atoms with Crippen LogP contribution in [0.2, 0.25) is 0 Å². The molecule has 0 aromatic carbocycles. The summed E-state index contributed by atoms with van der Waals surface area (Å²) in [6, 6.07) is 0.539. The number of nitrogens with two attached hydrogens (primary N) is 1. The van der Waals surface area contributed by atoms with Crippen molar-refractivity contribution in [1.29, 1.82) is 0 Å². The molecule has 2 fully saturated rings. The molecular weight excluding hydrogens is 176 g/mol. The summed E-state index contributed by atoms with van der Waals surface area (Å²) >= 11 is 0. The lowest BCUT2D eigenvalue weighted by Crippen LogP contribution is -2.46. The van der Waals surface area contributed by atoms with Crippen LogP contribution in [0.25, 0.3) is 0 Å². The van der Waals surface area contributed by atoms with Gasteiger partial charge in [0.25, 0.3) is 0 Å². The van der Waals surface area contributed by atoms with Crippen LogP contribution in [0.15, 0.2) is 0 Å². The van der Waals surface area contributed by atoms with Gasteiger partial charge in [-0.3, -0.25) is 4.79 Å². The van der Waals surface area contributed by atoms with Gasteiger partial charge in [-0.15, -0.1) is 0 Å². The van der Waals surface area contributed by atoms with Crippen LogP contribution >= 0.6 is 0 Å². The van der Waals surface area contributed by atoms with E-state index in [4.69, 9.17) is 5.73 Å². The lowest BCUT2D eigenvalue weighted by Gasteiger charge is -2.36. The van der Waals surface area contributed by atoms with Crippen LogP contribution in [-0.4, -0.2) is 29.9 Å². The highest BCUT2D eigenvalue weighted by Crippen LogP contribution is 2.28. The van der Waals surface area contributed by atoms with Gasteiger partial charge in [0.15, 0.2) is 0 Å². The highest BCUT2D eigenvalue weighted by Gasteiger charge is 2.31. The Kier molecular flexibility index (Phi) is 3.06. The minimum Gasteiger partial charge on any atom is -0.339 e. The third-order valence-corrected chi connectivity index (χ3v) is 3.64. The van der Waals surface area contributed by atoms with Crippen molar-refractivity contribution in [1.82, 2.24) is 4.90 Å². The molecule has 0 radical (unpaired) electrons. The number of carbonyl (C=O) groups excluding carboxylic acids is 1. The molecule has 1 heterocycles. The van der Waals surface area contributed by atoms with Crippen LogP contribution in [-0.2, 0) is 4.79 Å². The number of hydrogen-bond donors (Lipinski definition) is 1. The number of piperidine rings is 1. The molecule has 1 atom stereocenters. The van der Waals surface area contributed by atoms with Crippen LogP contribution < -0.4 is 5.73 Å². The van der Waals surface area contributed by atoms with Crippen molar-refractivity contribution in [2.24, 2.45) is 11.7 Å². The van der Waals surface area contributed by atoms with Gasteiger partial charge in [0.2, 0.25) is 5.91 Å². The fourth-order valence-corrected chi connectivity index (χ4v) is 2.70. The second-order valence-corrected chi connectivity index (χ2v) is 4.62. The maximum absolute atomic E-state index is 11.7. The zero-order valence-electron chi connectivity index (χ0n) is 8.74. The van der Waals surface area contributed by atoms with E-state index >= 15 is 0 Å². The number of rotatable bonds is 2. The molecule has 14 heavy (non-hydrogen) atoms. The van der Waals surface area contributed by atoms with Crippen molar-refractivity contribution < 1.29 is 4.79 Å². The molecule has 0 aromatic heterocycles. The van der Waals surface area contributed by atoms with Crippen molar-refractivity contribution in [3.8, 4) is 0 Å². The van der Waals surface area contributed by atoms with Crippen molar-refractivity contribution in [3.05, 3.63) is 0 Å². The standard InChI is InChI=1S/C11H20N2O/c12-7-9-5-6-11(14)13(8-9)10-3-1-2-4-10/h9-10H,1-8,12H2. The normalized spacial score (nSPS) is 29.9. The minimum absolute atomic E-state index is 0.363. The Morgan fingerprint density at radius 3 is 2.64 bits per heavy atom. The molecule has 2 aliphatic rings. The van der Waals surface area contributed by atoms with Gasteiger partial charge in [-0.1, -0.05) is 12.8 Å². The third-order valence-electron chi connectivity index (χ3n) is 3.64. The zero-order chi connectivity index (χ0) is 9.97. The quantitative estimate of drug-likeness (QED) is 0.719. The van der Waals surface area contributed by atoms with Gasteiger partial charge in [0, 0.05) is 19.0 Å². The van der Waals surface area contributed by atoms with E-state index in [0.29, 0.717) is 17.9 Å². The Morgan fingerprint density at radius 2 is 2.00 bits per heavy atom. The third kappa shape index (κ3) is 1.92. The van der Waals surface area contributed by atoms with Gasteiger partial charge in [0.1, 0.15) is 0 Å². The molecule has 3 nitrogen and oxygen atoms in total. The Labute approximate surface area is 85.6 Å². The van der Waals surface area contributed by atoms with Crippen molar-refractivity contribution in [3.63, 3.8) is 0 Å². The van der Waals surface area contributed by atoms with Crippen molar-refractivity contribution >= 4 is 5.91 Å². The SMILES string of the molecule is NCC1CCC(=O)N(C2CCCC2)C1. The van der Waals surface area contributed by atoms with Crippen LogP contribution in [0.4, 0.5) is 0 Å². The molecule has 0 bridgehead atoms. The number of hydrogen-bond acceptors (Lipinski definition) is 2. The van der Waals surface area contributed by atoms with Gasteiger partial charge in [-0.2, -0.15) is 0 Å². The predicted molar refractivity (Wildman–Crippen MR) is 55.7 cm³/mol. The fourth-order valence-electron chi connectivity index (χ4n) is 2.70. The Hall–Kier alpha value is -0.570. The topological polar surface area (TPSA) is 46.3 Å². The van der Waals surface area contributed by atoms with E-state index in [1.54, 1.807) is 0 Å². The van der Waals surface area contributed by atoms with Crippen LogP contribution in [0.1, 0.15) is 38.5 Å². The van der Waals surface area contributed by atoms with E-state index in [9.17, 15) is 4.79 Å².